The summed E-state index contributed by atoms with van der Waals surface area (Å²) in [5.41, 5.74) is 0.396. The summed E-state index contributed by atoms with van der Waals surface area (Å²) < 4.78 is 51.9. The monoisotopic (exact) mass is 417 g/mol. The number of benzene rings is 2. The molecule has 0 radical (unpaired) electrons. The van der Waals surface area contributed by atoms with Gasteiger partial charge in [-0.15, -0.1) is 0 Å². The number of nitrogens with zero attached hydrogens (tertiary/aromatic N) is 3. The highest BCUT2D eigenvalue weighted by atomic mass is 19.4. The molecule has 158 valence electrons. The zero-order chi connectivity index (χ0) is 21.7. The number of halogens is 3. The normalized spacial score (nSPS) is 11.4. The molecule has 2 aromatic carbocycles. The van der Waals surface area contributed by atoms with E-state index in [1.165, 1.54) is 11.9 Å². The van der Waals surface area contributed by atoms with Crippen LogP contribution in [0.5, 0.6) is 11.8 Å². The van der Waals surface area contributed by atoms with Crippen LogP contribution in [-0.4, -0.2) is 23.1 Å². The van der Waals surface area contributed by atoms with Gasteiger partial charge in [-0.05, 0) is 31.5 Å². The molecule has 0 bridgehead atoms. The van der Waals surface area contributed by atoms with Gasteiger partial charge in [-0.1, -0.05) is 36.4 Å². The zero-order valence-corrected chi connectivity index (χ0v) is 16.8. The lowest BCUT2D eigenvalue weighted by molar-refractivity contribution is -0.137. The molecule has 0 fully saturated rings. The molecule has 0 N–H and O–H groups in total. The standard InChI is InChI=1S/C22H22F3N3O2/c1-15(2)30-18-11-7-10-17(12-18)28(3)20-19(22(23,24)25)13-26-21(27-20)29-14-16-8-5-4-6-9-16/h4-13,15H,14H2,1-3H3. The van der Waals surface area contributed by atoms with Gasteiger partial charge in [0.15, 0.2) is 5.82 Å². The fourth-order valence-electron chi connectivity index (χ4n) is 2.76. The van der Waals surface area contributed by atoms with E-state index in [-0.39, 0.29) is 24.5 Å². The second kappa shape index (κ2) is 9.02. The highest BCUT2D eigenvalue weighted by Crippen LogP contribution is 2.38. The van der Waals surface area contributed by atoms with E-state index in [0.29, 0.717) is 11.4 Å². The molecule has 3 aromatic rings. The van der Waals surface area contributed by atoms with Crippen LogP contribution in [0.2, 0.25) is 0 Å². The number of hydrogen-bond acceptors (Lipinski definition) is 5. The number of ether oxygens (including phenoxy) is 2. The molecule has 1 aromatic heterocycles. The van der Waals surface area contributed by atoms with Crippen molar-refractivity contribution in [3.05, 3.63) is 71.9 Å². The van der Waals surface area contributed by atoms with Crippen molar-refractivity contribution in [2.75, 3.05) is 11.9 Å². The van der Waals surface area contributed by atoms with Crippen LogP contribution in [0.1, 0.15) is 25.0 Å². The molecule has 30 heavy (non-hydrogen) atoms. The first-order valence-electron chi connectivity index (χ1n) is 9.35. The summed E-state index contributed by atoms with van der Waals surface area (Å²) in [6, 6.07) is 15.9. The van der Waals surface area contributed by atoms with Crippen molar-refractivity contribution in [1.29, 1.82) is 0 Å². The van der Waals surface area contributed by atoms with E-state index in [1.54, 1.807) is 24.3 Å². The van der Waals surface area contributed by atoms with Crippen LogP contribution in [-0.2, 0) is 12.8 Å². The predicted molar refractivity (Wildman–Crippen MR) is 108 cm³/mol. The van der Waals surface area contributed by atoms with E-state index in [4.69, 9.17) is 9.47 Å². The smallest absolute Gasteiger partial charge is 0.421 e. The van der Waals surface area contributed by atoms with Gasteiger partial charge in [-0.2, -0.15) is 18.2 Å². The summed E-state index contributed by atoms with van der Waals surface area (Å²) in [6.45, 7) is 3.89. The molecular weight excluding hydrogens is 395 g/mol. The lowest BCUT2D eigenvalue weighted by Gasteiger charge is -2.23. The van der Waals surface area contributed by atoms with E-state index in [9.17, 15) is 13.2 Å². The Balaban J connectivity index is 1.92. The highest BCUT2D eigenvalue weighted by Gasteiger charge is 2.36. The van der Waals surface area contributed by atoms with Gasteiger partial charge < -0.3 is 14.4 Å². The molecule has 0 atom stereocenters. The maximum absolute atomic E-state index is 13.6. The van der Waals surface area contributed by atoms with E-state index in [2.05, 4.69) is 9.97 Å². The average Bonchev–Trinajstić information content (AvgIpc) is 2.71. The molecule has 0 saturated carbocycles. The summed E-state index contributed by atoms with van der Waals surface area (Å²) in [6.07, 6.45) is -3.94. The molecule has 0 unspecified atom stereocenters. The van der Waals surface area contributed by atoms with Crippen molar-refractivity contribution in [3.8, 4) is 11.8 Å². The minimum absolute atomic E-state index is 0.0617. The summed E-state index contributed by atoms with van der Waals surface area (Å²) >= 11 is 0. The van der Waals surface area contributed by atoms with Gasteiger partial charge >= 0.3 is 12.2 Å². The third kappa shape index (κ3) is 5.40. The van der Waals surface area contributed by atoms with Crippen molar-refractivity contribution >= 4 is 11.5 Å². The Bertz CT molecular complexity index is 979. The van der Waals surface area contributed by atoms with E-state index < -0.39 is 11.7 Å². The zero-order valence-electron chi connectivity index (χ0n) is 16.8. The Kier molecular flexibility index (Phi) is 6.44. The molecular formula is C22H22F3N3O2. The number of alkyl halides is 3. The van der Waals surface area contributed by atoms with E-state index in [1.807, 2.05) is 44.2 Å². The first kappa shape index (κ1) is 21.4. The minimum atomic E-state index is -4.62. The van der Waals surface area contributed by atoms with Gasteiger partial charge in [0.25, 0.3) is 0 Å². The molecule has 5 nitrogen and oxygen atoms in total. The number of anilines is 2. The molecule has 0 amide bonds. The van der Waals surface area contributed by atoms with Crippen LogP contribution < -0.4 is 14.4 Å². The first-order chi connectivity index (χ1) is 14.2. The lowest BCUT2D eigenvalue weighted by atomic mass is 10.2. The molecule has 8 heteroatoms. The summed E-state index contributed by atoms with van der Waals surface area (Å²) in [5, 5.41) is 0. The molecule has 3 rings (SSSR count). The maximum atomic E-state index is 13.6. The fraction of sp³-hybridized carbons (Fsp3) is 0.273. The predicted octanol–water partition coefficient (Wildman–Crippen LogP) is 5.63. The quantitative estimate of drug-likeness (QED) is 0.499. The topological polar surface area (TPSA) is 47.5 Å². The Morgan fingerprint density at radius 1 is 1.03 bits per heavy atom. The highest BCUT2D eigenvalue weighted by molar-refractivity contribution is 5.64. The number of rotatable bonds is 7. The molecule has 0 spiro atoms. The second-order valence-electron chi connectivity index (χ2n) is 6.88. The SMILES string of the molecule is CC(C)Oc1cccc(N(C)c2nc(OCc3ccccc3)ncc2C(F)(F)F)c1. The Hall–Kier alpha value is -3.29. The van der Waals surface area contributed by atoms with Crippen LogP contribution in [0, 0.1) is 0 Å². The van der Waals surface area contributed by atoms with Crippen LogP contribution >= 0.6 is 0 Å². The Morgan fingerprint density at radius 3 is 2.43 bits per heavy atom. The molecule has 0 aliphatic rings. The molecule has 0 aliphatic carbocycles. The van der Waals surface area contributed by atoms with Gasteiger partial charge in [0, 0.05) is 25.0 Å². The third-order valence-electron chi connectivity index (χ3n) is 4.16. The van der Waals surface area contributed by atoms with Crippen molar-refractivity contribution in [2.24, 2.45) is 0 Å². The summed E-state index contributed by atoms with van der Waals surface area (Å²) in [5.74, 6) is 0.250. The van der Waals surface area contributed by atoms with Crippen LogP contribution in [0.4, 0.5) is 24.7 Å². The van der Waals surface area contributed by atoms with Gasteiger partial charge in [0.2, 0.25) is 0 Å². The number of hydrogen-bond donors (Lipinski definition) is 0. The summed E-state index contributed by atoms with van der Waals surface area (Å²) in [7, 11) is 1.51. The molecule has 0 saturated heterocycles. The van der Waals surface area contributed by atoms with Crippen molar-refractivity contribution in [3.63, 3.8) is 0 Å². The van der Waals surface area contributed by atoms with E-state index in [0.717, 1.165) is 11.8 Å². The largest absolute Gasteiger partial charge is 0.491 e. The van der Waals surface area contributed by atoms with Crippen LogP contribution in [0.3, 0.4) is 0 Å². The van der Waals surface area contributed by atoms with Crippen molar-refractivity contribution in [2.45, 2.75) is 32.7 Å². The Morgan fingerprint density at radius 2 is 1.77 bits per heavy atom. The van der Waals surface area contributed by atoms with Gasteiger partial charge in [0.05, 0.1) is 6.10 Å². The molecule has 0 aliphatic heterocycles. The number of aromatic nitrogens is 2. The third-order valence-corrected chi connectivity index (χ3v) is 4.16. The summed E-state index contributed by atoms with van der Waals surface area (Å²) in [4.78, 5) is 9.14. The Labute approximate surface area is 173 Å². The maximum Gasteiger partial charge on any atom is 0.421 e. The minimum Gasteiger partial charge on any atom is -0.491 e. The average molecular weight is 417 g/mol. The molecule has 1 heterocycles. The van der Waals surface area contributed by atoms with Crippen molar-refractivity contribution in [1.82, 2.24) is 9.97 Å². The van der Waals surface area contributed by atoms with Gasteiger partial charge in [0.1, 0.15) is 17.9 Å². The fourth-order valence-corrected chi connectivity index (χ4v) is 2.76. The van der Waals surface area contributed by atoms with Crippen molar-refractivity contribution < 1.29 is 22.6 Å². The first-order valence-corrected chi connectivity index (χ1v) is 9.35. The lowest BCUT2D eigenvalue weighted by Crippen LogP contribution is -2.19. The second-order valence-corrected chi connectivity index (χ2v) is 6.88. The van der Waals surface area contributed by atoms with Crippen LogP contribution in [0.15, 0.2) is 60.8 Å². The van der Waals surface area contributed by atoms with E-state index >= 15 is 0 Å². The van der Waals surface area contributed by atoms with Crippen LogP contribution in [0.25, 0.3) is 0 Å². The van der Waals surface area contributed by atoms with Gasteiger partial charge in [-0.3, -0.25) is 0 Å². The van der Waals surface area contributed by atoms with Gasteiger partial charge in [-0.25, -0.2) is 4.98 Å².